The molecule has 0 saturated heterocycles. The highest BCUT2D eigenvalue weighted by molar-refractivity contribution is 5.55. The van der Waals surface area contributed by atoms with Gasteiger partial charge in [-0.2, -0.15) is 35.1 Å². The molecule has 3 aromatic rings. The summed E-state index contributed by atoms with van der Waals surface area (Å²) in [6.45, 7) is 1.85. The van der Waals surface area contributed by atoms with Gasteiger partial charge in [0.25, 0.3) is 0 Å². The molecule has 166 valence electrons. The third kappa shape index (κ3) is 3.74. The van der Waals surface area contributed by atoms with E-state index in [4.69, 9.17) is 0 Å². The molecular weight excluding hydrogens is 441 g/mol. The van der Waals surface area contributed by atoms with Crippen molar-refractivity contribution in [2.45, 2.75) is 30.9 Å². The fourth-order valence-corrected chi connectivity index (χ4v) is 2.78. The normalized spacial score (nSPS) is 15.0. The summed E-state index contributed by atoms with van der Waals surface area (Å²) >= 11 is 0. The Labute approximate surface area is 169 Å². The Morgan fingerprint density at radius 2 is 1.26 bits per heavy atom. The zero-order chi connectivity index (χ0) is 23.2. The van der Waals surface area contributed by atoms with Crippen molar-refractivity contribution >= 4 is 0 Å². The van der Waals surface area contributed by atoms with Gasteiger partial charge in [-0.25, -0.2) is 14.1 Å². The number of benzene rings is 2. The lowest BCUT2D eigenvalue weighted by atomic mass is 9.87. The Hall–Kier alpha value is -3.05. The van der Waals surface area contributed by atoms with E-state index >= 15 is 0 Å². The van der Waals surface area contributed by atoms with Gasteiger partial charge in [-0.1, -0.05) is 42.0 Å². The van der Waals surface area contributed by atoms with Gasteiger partial charge in [0.2, 0.25) is 0 Å². The Bertz CT molecular complexity index is 1050. The molecule has 0 amide bonds. The number of rotatable bonds is 4. The average molecular weight is 453 g/mol. The maximum Gasteiger partial charge on any atom is 0.457 e. The van der Waals surface area contributed by atoms with Crippen LogP contribution in [-0.2, 0) is 5.67 Å². The SMILES string of the molecule is Cc1ccc(-c2ncn(-c3ccc(C(F)(C(F)(F)F)C(F)(F)C(F)(F)F)cc3)n2)cc1. The van der Waals surface area contributed by atoms with Crippen molar-refractivity contribution < 1.29 is 39.5 Å². The largest absolute Gasteiger partial charge is 0.457 e. The van der Waals surface area contributed by atoms with Gasteiger partial charge in [0, 0.05) is 11.1 Å². The molecule has 1 aromatic heterocycles. The summed E-state index contributed by atoms with van der Waals surface area (Å²) < 4.78 is 120. The van der Waals surface area contributed by atoms with Crippen LogP contribution in [0.25, 0.3) is 17.1 Å². The van der Waals surface area contributed by atoms with Crippen LogP contribution in [0.2, 0.25) is 0 Å². The van der Waals surface area contributed by atoms with Gasteiger partial charge in [0.15, 0.2) is 5.82 Å². The first kappa shape index (κ1) is 22.6. The van der Waals surface area contributed by atoms with Gasteiger partial charge >= 0.3 is 23.9 Å². The highest BCUT2D eigenvalue weighted by Crippen LogP contribution is 2.58. The lowest BCUT2D eigenvalue weighted by Crippen LogP contribution is -2.59. The molecule has 0 spiro atoms. The number of aryl methyl sites for hydroxylation is 1. The molecule has 0 bridgehead atoms. The summed E-state index contributed by atoms with van der Waals surface area (Å²) in [5, 5.41) is 4.07. The van der Waals surface area contributed by atoms with Crippen LogP contribution in [0.5, 0.6) is 0 Å². The second-order valence-electron chi connectivity index (χ2n) is 6.65. The number of halogens is 9. The molecule has 1 atom stereocenters. The van der Waals surface area contributed by atoms with Gasteiger partial charge in [-0.05, 0) is 19.1 Å². The predicted octanol–water partition coefficient (Wildman–Crippen LogP) is 6.17. The number of aromatic nitrogens is 3. The molecule has 0 saturated carbocycles. The van der Waals surface area contributed by atoms with Crippen LogP contribution in [0.15, 0.2) is 54.9 Å². The second kappa shape index (κ2) is 7.27. The first-order valence-corrected chi connectivity index (χ1v) is 8.48. The Morgan fingerprint density at radius 1 is 0.710 bits per heavy atom. The fourth-order valence-electron chi connectivity index (χ4n) is 2.78. The molecule has 0 aliphatic rings. The lowest BCUT2D eigenvalue weighted by Gasteiger charge is -2.36. The quantitative estimate of drug-likeness (QED) is 0.443. The number of hydrogen-bond acceptors (Lipinski definition) is 2. The van der Waals surface area contributed by atoms with Crippen LogP contribution in [0.1, 0.15) is 11.1 Å². The lowest BCUT2D eigenvalue weighted by molar-refractivity contribution is -0.389. The van der Waals surface area contributed by atoms with Crippen LogP contribution in [-0.4, -0.2) is 33.0 Å². The Kier molecular flexibility index (Phi) is 5.31. The standard InChI is InChI=1S/C19H12F9N3/c1-11-2-4-12(5-3-11)15-29-10-31(30-15)14-8-6-13(7-9-14)16(20,18(23,24)25)17(21,22)19(26,27)28/h2-10H,1H3. The molecule has 1 unspecified atom stereocenters. The van der Waals surface area contributed by atoms with E-state index in [0.717, 1.165) is 28.7 Å². The maximum absolute atomic E-state index is 14.5. The topological polar surface area (TPSA) is 30.7 Å². The molecule has 0 radical (unpaired) electrons. The molecule has 0 aliphatic heterocycles. The zero-order valence-electron chi connectivity index (χ0n) is 15.4. The monoisotopic (exact) mass is 453 g/mol. The van der Waals surface area contributed by atoms with Crippen LogP contribution in [0, 0.1) is 6.92 Å². The van der Waals surface area contributed by atoms with Gasteiger partial charge in [-0.3, -0.25) is 0 Å². The Balaban J connectivity index is 1.99. The minimum absolute atomic E-state index is 0.0329. The van der Waals surface area contributed by atoms with Gasteiger partial charge in [0.1, 0.15) is 6.33 Å². The predicted molar refractivity (Wildman–Crippen MR) is 91.4 cm³/mol. The van der Waals surface area contributed by atoms with Crippen molar-refractivity contribution in [3.05, 3.63) is 66.0 Å². The van der Waals surface area contributed by atoms with Crippen molar-refractivity contribution in [2.75, 3.05) is 0 Å². The summed E-state index contributed by atoms with van der Waals surface area (Å²) in [5.41, 5.74) is -6.34. The van der Waals surface area contributed by atoms with Crippen LogP contribution in [0.4, 0.5) is 39.5 Å². The molecule has 2 aromatic carbocycles. The van der Waals surface area contributed by atoms with Crippen molar-refractivity contribution in [1.82, 2.24) is 14.8 Å². The van der Waals surface area contributed by atoms with Crippen molar-refractivity contribution in [1.29, 1.82) is 0 Å². The van der Waals surface area contributed by atoms with Gasteiger partial charge in [0.05, 0.1) is 5.69 Å². The minimum Gasteiger partial charge on any atom is -0.221 e. The molecule has 0 aliphatic carbocycles. The molecule has 3 rings (SSSR count). The van der Waals surface area contributed by atoms with Crippen LogP contribution in [0.3, 0.4) is 0 Å². The van der Waals surface area contributed by atoms with E-state index < -0.39 is 29.5 Å². The van der Waals surface area contributed by atoms with E-state index in [0.29, 0.717) is 5.56 Å². The molecular formula is C19H12F9N3. The van der Waals surface area contributed by atoms with Crippen LogP contribution >= 0.6 is 0 Å². The second-order valence-corrected chi connectivity index (χ2v) is 6.65. The summed E-state index contributed by atoms with van der Waals surface area (Å²) in [7, 11) is 0. The molecule has 12 heteroatoms. The first-order chi connectivity index (χ1) is 14.2. The molecule has 0 N–H and O–H groups in total. The van der Waals surface area contributed by atoms with Crippen LogP contribution < -0.4 is 0 Å². The van der Waals surface area contributed by atoms with Crippen molar-refractivity contribution in [3.63, 3.8) is 0 Å². The summed E-state index contributed by atoms with van der Waals surface area (Å²) in [5.74, 6) is -6.49. The third-order valence-electron chi connectivity index (χ3n) is 4.51. The number of nitrogens with zero attached hydrogens (tertiary/aromatic N) is 3. The van der Waals surface area contributed by atoms with E-state index in [-0.39, 0.29) is 23.6 Å². The van der Waals surface area contributed by atoms with E-state index in [2.05, 4.69) is 10.1 Å². The van der Waals surface area contributed by atoms with E-state index in [1.807, 2.05) is 6.92 Å². The van der Waals surface area contributed by atoms with Crippen molar-refractivity contribution in [3.8, 4) is 17.1 Å². The minimum atomic E-state index is -6.77. The van der Waals surface area contributed by atoms with Gasteiger partial charge in [-0.15, -0.1) is 5.10 Å². The fraction of sp³-hybridized carbons (Fsp3) is 0.263. The molecule has 3 nitrogen and oxygen atoms in total. The number of alkyl halides is 9. The van der Waals surface area contributed by atoms with Gasteiger partial charge < -0.3 is 0 Å². The summed E-state index contributed by atoms with van der Waals surface area (Å²) in [4.78, 5) is 4.00. The smallest absolute Gasteiger partial charge is 0.221 e. The van der Waals surface area contributed by atoms with E-state index in [1.165, 1.54) is 0 Å². The van der Waals surface area contributed by atoms with E-state index in [1.54, 1.807) is 24.3 Å². The Morgan fingerprint density at radius 3 is 1.74 bits per heavy atom. The number of hydrogen-bond donors (Lipinski definition) is 0. The highest BCUT2D eigenvalue weighted by Gasteiger charge is 2.81. The molecule has 0 fully saturated rings. The molecule has 1 heterocycles. The highest BCUT2D eigenvalue weighted by atomic mass is 19.4. The van der Waals surface area contributed by atoms with Crippen molar-refractivity contribution in [2.24, 2.45) is 0 Å². The summed E-state index contributed by atoms with van der Waals surface area (Å²) in [6, 6.07) is 8.85. The summed E-state index contributed by atoms with van der Waals surface area (Å²) in [6.07, 6.45) is -12.2. The maximum atomic E-state index is 14.5. The first-order valence-electron chi connectivity index (χ1n) is 8.48. The third-order valence-corrected chi connectivity index (χ3v) is 4.51. The van der Waals surface area contributed by atoms with E-state index in [9.17, 15) is 39.5 Å². The average Bonchev–Trinajstić information content (AvgIpc) is 3.16. The molecule has 31 heavy (non-hydrogen) atoms. The zero-order valence-corrected chi connectivity index (χ0v) is 15.4.